The summed E-state index contributed by atoms with van der Waals surface area (Å²) in [6, 6.07) is 1.51. The molecule has 24 heavy (non-hydrogen) atoms. The molecule has 0 aromatic carbocycles. The number of anilines is 1. The van der Waals surface area contributed by atoms with Crippen LogP contribution < -0.4 is 11.3 Å². The lowest BCUT2D eigenvalue weighted by atomic mass is 9.97. The number of H-pyrrole nitrogens is 1. The number of aromatic nitrogens is 3. The molecule has 8 nitrogen and oxygen atoms in total. The van der Waals surface area contributed by atoms with Gasteiger partial charge in [-0.1, -0.05) is 17.5 Å². The van der Waals surface area contributed by atoms with Crippen molar-refractivity contribution in [3.63, 3.8) is 0 Å². The topological polar surface area (TPSA) is 126 Å². The Morgan fingerprint density at radius 2 is 2.33 bits per heavy atom. The van der Waals surface area contributed by atoms with Crippen LogP contribution in [0, 0.1) is 11.3 Å². The first kappa shape index (κ1) is 17.1. The molecule has 128 valence electrons. The Hall–Kier alpha value is -1.76. The number of ether oxygens (including phenoxy) is 1. The number of nitrogens with two attached hydrogens (primary N) is 1. The molecule has 1 unspecified atom stereocenters. The van der Waals surface area contributed by atoms with Gasteiger partial charge in [0.25, 0.3) is 5.56 Å². The third-order valence-corrected chi connectivity index (χ3v) is 4.55. The molecular weight excluding hydrogens is 359 g/mol. The molecule has 1 fully saturated rings. The fraction of sp³-hybridized carbons (Fsp3) is 0.429. The van der Waals surface area contributed by atoms with Crippen LogP contribution in [0.2, 0.25) is 0 Å². The van der Waals surface area contributed by atoms with Crippen molar-refractivity contribution in [2.24, 2.45) is 0 Å². The molecule has 0 radical (unpaired) electrons. The van der Waals surface area contributed by atoms with Crippen LogP contribution in [0.5, 0.6) is 0 Å². The van der Waals surface area contributed by atoms with E-state index < -0.39 is 35.0 Å². The Balaban J connectivity index is 2.20. The molecule has 0 spiro atoms. The molecular formula is C14H14Cl2N4O4. The zero-order valence-electron chi connectivity index (χ0n) is 12.4. The Morgan fingerprint density at radius 1 is 1.62 bits per heavy atom. The van der Waals surface area contributed by atoms with Crippen LogP contribution in [-0.2, 0) is 4.74 Å². The van der Waals surface area contributed by atoms with Crippen LogP contribution in [0.25, 0.3) is 11.0 Å². The van der Waals surface area contributed by atoms with Gasteiger partial charge in [-0.3, -0.25) is 9.78 Å². The number of aliphatic hydroxyl groups is 2. The molecule has 3 rings (SSSR count). The number of fused-ring (bicyclic) bond motifs is 1. The number of hydrogen-bond donors (Lipinski definition) is 4. The van der Waals surface area contributed by atoms with E-state index in [0.29, 0.717) is 0 Å². The van der Waals surface area contributed by atoms with Crippen LogP contribution in [0.3, 0.4) is 0 Å². The highest BCUT2D eigenvalue weighted by Gasteiger charge is 2.57. The number of aromatic amines is 1. The van der Waals surface area contributed by atoms with Crippen LogP contribution >= 0.6 is 23.2 Å². The van der Waals surface area contributed by atoms with Gasteiger partial charge in [0.15, 0.2) is 16.7 Å². The summed E-state index contributed by atoms with van der Waals surface area (Å²) in [6.45, 7) is 1.45. The monoisotopic (exact) mass is 372 g/mol. The molecule has 10 heteroatoms. The van der Waals surface area contributed by atoms with E-state index in [4.69, 9.17) is 33.7 Å². The van der Waals surface area contributed by atoms with Crippen molar-refractivity contribution in [3.05, 3.63) is 22.6 Å². The van der Waals surface area contributed by atoms with Gasteiger partial charge in [-0.05, 0) is 24.6 Å². The summed E-state index contributed by atoms with van der Waals surface area (Å²) in [4.78, 5) is 16.8. The highest BCUT2D eigenvalue weighted by molar-refractivity contribution is 6.32. The Morgan fingerprint density at radius 3 is 2.96 bits per heavy atom. The predicted molar refractivity (Wildman–Crippen MR) is 88.6 cm³/mol. The second-order valence-electron chi connectivity index (χ2n) is 5.54. The molecule has 1 saturated heterocycles. The first-order valence-electron chi connectivity index (χ1n) is 6.99. The van der Waals surface area contributed by atoms with Gasteiger partial charge in [-0.25, -0.2) is 0 Å². The van der Waals surface area contributed by atoms with E-state index in [1.165, 1.54) is 23.8 Å². The molecule has 2 aromatic heterocycles. The summed E-state index contributed by atoms with van der Waals surface area (Å²) in [5.74, 6) is 2.43. The van der Waals surface area contributed by atoms with Crippen LogP contribution in [0.4, 0.5) is 5.95 Å². The van der Waals surface area contributed by atoms with Gasteiger partial charge in [0.1, 0.15) is 12.2 Å². The SMILES string of the molecule is C[C@@H](O)[C@H]1O[C@@H](n2ccc3c(=O)[nH]c(N)nc32)[C@@](Cl)(C#CCl)C1O. The molecule has 0 aliphatic carbocycles. The molecule has 2 aromatic rings. The van der Waals surface area contributed by atoms with E-state index in [1.54, 1.807) is 0 Å². The van der Waals surface area contributed by atoms with E-state index in [2.05, 4.69) is 21.3 Å². The maximum atomic E-state index is 12.0. The second kappa shape index (κ2) is 5.95. The number of nitrogens with one attached hydrogen (secondary N) is 1. The quantitative estimate of drug-likeness (QED) is 0.438. The average molecular weight is 373 g/mol. The summed E-state index contributed by atoms with van der Waals surface area (Å²) in [6.07, 6.45) is -2.87. The first-order chi connectivity index (χ1) is 11.3. The fourth-order valence-electron chi connectivity index (χ4n) is 2.81. The van der Waals surface area contributed by atoms with Crippen LogP contribution in [-0.4, -0.2) is 47.9 Å². The van der Waals surface area contributed by atoms with Crippen molar-refractivity contribution in [2.75, 3.05) is 5.73 Å². The lowest BCUT2D eigenvalue weighted by Gasteiger charge is -2.25. The maximum absolute atomic E-state index is 12.0. The van der Waals surface area contributed by atoms with Gasteiger partial charge in [-0.15, -0.1) is 0 Å². The molecule has 0 bridgehead atoms. The van der Waals surface area contributed by atoms with Gasteiger partial charge in [0.2, 0.25) is 5.95 Å². The number of nitrogens with zero attached hydrogens (tertiary/aromatic N) is 2. The largest absolute Gasteiger partial charge is 0.391 e. The van der Waals surface area contributed by atoms with Gasteiger partial charge in [0.05, 0.1) is 11.5 Å². The van der Waals surface area contributed by atoms with Crippen molar-refractivity contribution in [1.29, 1.82) is 0 Å². The van der Waals surface area contributed by atoms with Crippen molar-refractivity contribution < 1.29 is 14.9 Å². The zero-order chi connectivity index (χ0) is 17.6. The lowest BCUT2D eigenvalue weighted by Crippen LogP contribution is -2.43. The highest BCUT2D eigenvalue weighted by Crippen LogP contribution is 2.45. The van der Waals surface area contributed by atoms with Crippen molar-refractivity contribution >= 4 is 40.2 Å². The standard InChI is InChI=1S/C14H14Cl2N4O4/c1-6(21)8-9(22)14(16,3-4-15)12(24-8)20-5-2-7-10(20)18-13(17)19-11(7)23/h2,5-6,8-9,12,21-22H,1H3,(H3,17,18,19,23)/t6-,8-,9?,12-,14-/m1/s1. The molecule has 5 atom stereocenters. The minimum absolute atomic E-state index is 0.0818. The molecule has 3 heterocycles. The van der Waals surface area contributed by atoms with E-state index in [-0.39, 0.29) is 17.0 Å². The molecule has 5 N–H and O–H groups in total. The minimum atomic E-state index is -1.64. The number of aliphatic hydroxyl groups excluding tert-OH is 2. The number of halogens is 2. The van der Waals surface area contributed by atoms with E-state index in [9.17, 15) is 15.0 Å². The maximum Gasteiger partial charge on any atom is 0.261 e. The van der Waals surface area contributed by atoms with E-state index in [0.717, 1.165) is 0 Å². The summed E-state index contributed by atoms with van der Waals surface area (Å²) < 4.78 is 7.14. The second-order valence-corrected chi connectivity index (χ2v) is 6.35. The molecule has 1 aliphatic heterocycles. The number of hydrogen-bond acceptors (Lipinski definition) is 6. The minimum Gasteiger partial charge on any atom is -0.391 e. The number of alkyl halides is 1. The predicted octanol–water partition coefficient (Wildman–Crippen LogP) is 0.123. The highest BCUT2D eigenvalue weighted by atomic mass is 35.5. The Kier molecular flexibility index (Phi) is 4.23. The van der Waals surface area contributed by atoms with Crippen LogP contribution in [0.15, 0.2) is 17.1 Å². The van der Waals surface area contributed by atoms with Gasteiger partial charge in [0, 0.05) is 11.6 Å². The van der Waals surface area contributed by atoms with Gasteiger partial charge >= 0.3 is 0 Å². The smallest absolute Gasteiger partial charge is 0.261 e. The van der Waals surface area contributed by atoms with Crippen molar-refractivity contribution in [2.45, 2.75) is 36.3 Å². The zero-order valence-corrected chi connectivity index (χ0v) is 13.9. The Labute approximate surface area is 146 Å². The third kappa shape index (κ3) is 2.46. The summed E-state index contributed by atoms with van der Waals surface area (Å²) in [7, 11) is 0. The third-order valence-electron chi connectivity index (χ3n) is 3.95. The normalized spacial score (nSPS) is 31.0. The molecule has 0 saturated carbocycles. The van der Waals surface area contributed by atoms with E-state index >= 15 is 0 Å². The first-order valence-corrected chi connectivity index (χ1v) is 7.75. The molecule has 0 amide bonds. The molecule has 1 aliphatic rings. The van der Waals surface area contributed by atoms with Crippen LogP contribution in [0.1, 0.15) is 13.2 Å². The Bertz CT molecular complexity index is 900. The fourth-order valence-corrected chi connectivity index (χ4v) is 3.34. The van der Waals surface area contributed by atoms with E-state index in [1.807, 2.05) is 0 Å². The average Bonchev–Trinajstić information content (AvgIpc) is 3.00. The van der Waals surface area contributed by atoms with Gasteiger partial charge in [-0.2, -0.15) is 4.98 Å². The number of rotatable bonds is 2. The van der Waals surface area contributed by atoms with Gasteiger partial charge < -0.3 is 25.3 Å². The number of nitrogen functional groups attached to an aromatic ring is 1. The van der Waals surface area contributed by atoms with Crippen molar-refractivity contribution in [3.8, 4) is 11.3 Å². The summed E-state index contributed by atoms with van der Waals surface area (Å²) in [5.41, 5.74) is 5.37. The lowest BCUT2D eigenvalue weighted by molar-refractivity contribution is -0.0751. The summed E-state index contributed by atoms with van der Waals surface area (Å²) >= 11 is 12.0. The van der Waals surface area contributed by atoms with Crippen molar-refractivity contribution in [1.82, 2.24) is 14.5 Å². The summed E-state index contributed by atoms with van der Waals surface area (Å²) in [5, 5.41) is 22.7.